The monoisotopic (exact) mass is 536 g/mol. The average molecular weight is 538 g/mol. The summed E-state index contributed by atoms with van der Waals surface area (Å²) in [4.78, 5) is 10.7. The van der Waals surface area contributed by atoms with Crippen LogP contribution in [0.5, 0.6) is 0 Å². The van der Waals surface area contributed by atoms with E-state index in [4.69, 9.17) is 13.6 Å². The molecule has 3 saturated carbocycles. The minimum Gasteiger partial charge on any atom is -0.322 e. The van der Waals surface area contributed by atoms with Crippen LogP contribution in [0.1, 0.15) is 77.0 Å². The third-order valence-electron chi connectivity index (χ3n) is 5.44. The van der Waals surface area contributed by atoms with Gasteiger partial charge in [-0.05, 0) is 70.4 Å². The van der Waals surface area contributed by atoms with E-state index < -0.39 is 17.9 Å². The normalized spacial score (nSPS) is 26.6. The van der Waals surface area contributed by atoms with Gasteiger partial charge in [0.15, 0.2) is 0 Å². The molecule has 0 aromatic carbocycles. The summed E-state index contributed by atoms with van der Waals surface area (Å²) in [6.07, 6.45) is 9.81. The Morgan fingerprint density at radius 1 is 0.692 bits per heavy atom. The van der Waals surface area contributed by atoms with E-state index in [1.807, 2.05) is 0 Å². The fraction of sp³-hybridized carbons (Fsp3) is 1.00. The van der Waals surface area contributed by atoms with E-state index >= 15 is 0 Å². The van der Waals surface area contributed by atoms with Crippen molar-refractivity contribution >= 4 is 47.1 Å². The van der Waals surface area contributed by atoms with E-state index in [1.54, 1.807) is 0 Å². The summed E-state index contributed by atoms with van der Waals surface area (Å²) in [5, 5.41) is 0. The maximum Gasteiger partial charge on any atom is 0.370 e. The van der Waals surface area contributed by atoms with Crippen LogP contribution in [0, 0.1) is 0 Å². The van der Waals surface area contributed by atoms with Crippen molar-refractivity contribution in [1.82, 2.24) is 0 Å². The second kappa shape index (κ2) is 8.95. The second-order valence-electron chi connectivity index (χ2n) is 7.56. The third-order valence-corrected chi connectivity index (χ3v) is 15.3. The van der Waals surface area contributed by atoms with Gasteiger partial charge in [-0.25, -0.2) is 0 Å². The summed E-state index contributed by atoms with van der Waals surface area (Å²) < 4.78 is 42.3. The van der Waals surface area contributed by atoms with E-state index in [2.05, 4.69) is 31.9 Å². The molecule has 1 N–H and O–H groups in total. The Labute approximate surface area is 172 Å². The van der Waals surface area contributed by atoms with Crippen LogP contribution in [0.25, 0.3) is 0 Å². The Morgan fingerprint density at radius 3 is 1.35 bits per heavy atom. The van der Waals surface area contributed by atoms with E-state index in [0.717, 1.165) is 77.0 Å². The Kier molecular flexibility index (Phi) is 7.56. The predicted octanol–water partition coefficient (Wildman–Crippen LogP) is 6.64. The topological polar surface area (TPSA) is 82.1 Å². The van der Waals surface area contributed by atoms with Crippen LogP contribution >= 0.6 is 47.1 Å². The molecule has 0 bridgehead atoms. The lowest BCUT2D eigenvalue weighted by atomic mass is 10.3. The molecule has 1 unspecified atom stereocenters. The van der Waals surface area contributed by atoms with Crippen molar-refractivity contribution in [3.05, 3.63) is 0 Å². The molecule has 0 radical (unpaired) electrons. The van der Waals surface area contributed by atoms with E-state index in [0.29, 0.717) is 0 Å². The smallest absolute Gasteiger partial charge is 0.322 e. The average Bonchev–Trinajstić information content (AvgIpc) is 3.29. The predicted molar refractivity (Wildman–Crippen MR) is 108 cm³/mol. The fourth-order valence-corrected chi connectivity index (χ4v) is 9.36. The van der Waals surface area contributed by atoms with Gasteiger partial charge in [0.2, 0.25) is 0 Å². The van der Waals surface area contributed by atoms with Crippen LogP contribution in [-0.2, 0) is 22.7 Å². The maximum absolute atomic E-state index is 13.8. The van der Waals surface area contributed by atoms with Gasteiger partial charge in [-0.3, -0.25) is 9.13 Å². The number of halogens is 2. The third kappa shape index (κ3) is 4.87. The first-order valence-electron chi connectivity index (χ1n) is 9.59. The highest BCUT2D eigenvalue weighted by Crippen LogP contribution is 2.83. The van der Waals surface area contributed by atoms with E-state index in [9.17, 15) is 14.0 Å². The van der Waals surface area contributed by atoms with Crippen molar-refractivity contribution in [2.75, 3.05) is 0 Å². The van der Waals surface area contributed by atoms with Crippen LogP contribution in [0.4, 0.5) is 0 Å². The van der Waals surface area contributed by atoms with Crippen LogP contribution < -0.4 is 0 Å². The summed E-state index contributed by atoms with van der Waals surface area (Å²) in [5.74, 6) is 0. The number of alkyl halides is 2. The maximum atomic E-state index is 13.8. The Balaban J connectivity index is 1.81. The highest BCUT2D eigenvalue weighted by Gasteiger charge is 2.63. The van der Waals surface area contributed by atoms with Crippen LogP contribution in [0.2, 0.25) is 0 Å². The molecule has 152 valence electrons. The SMILES string of the molecule is O=P(O)(OC1CCCC1)C(Br)(Br)P(=O)(OC1CCCC1)OC1CCCC1. The zero-order valence-electron chi connectivity index (χ0n) is 14.9. The first-order chi connectivity index (χ1) is 12.2. The minimum absolute atomic E-state index is 0.219. The molecule has 6 nitrogen and oxygen atoms in total. The highest BCUT2D eigenvalue weighted by molar-refractivity contribution is 9.29. The molecule has 0 amide bonds. The summed E-state index contributed by atoms with van der Waals surface area (Å²) in [7, 11) is -8.36. The lowest BCUT2D eigenvalue weighted by Crippen LogP contribution is -2.25. The van der Waals surface area contributed by atoms with Crippen LogP contribution in [0.15, 0.2) is 0 Å². The molecule has 0 aromatic heterocycles. The minimum atomic E-state index is -4.36. The van der Waals surface area contributed by atoms with Gasteiger partial charge in [0.05, 0.1) is 18.3 Å². The molecule has 10 heteroatoms. The standard InChI is InChI=1S/C16H28Br2O6P2/c17-16(18,25(19,20)22-13-7-1-2-8-13)26(21,23-14-9-3-4-10-14)24-15-11-5-6-12-15/h13-15H,1-12H2,(H,19,20). The molecule has 0 spiro atoms. The molecule has 0 saturated heterocycles. The summed E-state index contributed by atoms with van der Waals surface area (Å²) in [5.41, 5.74) is 0. The van der Waals surface area contributed by atoms with Crippen molar-refractivity contribution in [2.24, 2.45) is 0 Å². The first-order valence-corrected chi connectivity index (χ1v) is 14.3. The molecule has 0 heterocycles. The van der Waals surface area contributed by atoms with Crippen molar-refractivity contribution in [2.45, 2.75) is 98.1 Å². The molecule has 0 aromatic rings. The zero-order chi connectivity index (χ0) is 18.8. The second-order valence-corrected chi connectivity index (χ2v) is 17.8. The highest BCUT2D eigenvalue weighted by atomic mass is 79.9. The molecule has 3 fully saturated rings. The van der Waals surface area contributed by atoms with Gasteiger partial charge in [0, 0.05) is 0 Å². The molecule has 3 aliphatic carbocycles. The van der Waals surface area contributed by atoms with E-state index in [-0.39, 0.29) is 18.3 Å². The van der Waals surface area contributed by atoms with Crippen molar-refractivity contribution in [3.8, 4) is 0 Å². The van der Waals surface area contributed by atoms with Crippen molar-refractivity contribution in [1.29, 1.82) is 0 Å². The number of rotatable bonds is 8. The van der Waals surface area contributed by atoms with Gasteiger partial charge in [0.25, 0.3) is 2.72 Å². The van der Waals surface area contributed by atoms with Crippen molar-refractivity contribution < 1.29 is 27.6 Å². The lowest BCUT2D eigenvalue weighted by molar-refractivity contribution is 0.115. The van der Waals surface area contributed by atoms with Gasteiger partial charge in [-0.2, -0.15) is 0 Å². The molecular weight excluding hydrogens is 510 g/mol. The van der Waals surface area contributed by atoms with Crippen molar-refractivity contribution in [3.63, 3.8) is 0 Å². The fourth-order valence-electron chi connectivity index (χ4n) is 3.95. The van der Waals surface area contributed by atoms with Gasteiger partial charge in [0.1, 0.15) is 0 Å². The van der Waals surface area contributed by atoms with Crippen LogP contribution in [0.3, 0.4) is 0 Å². The summed E-state index contributed by atoms with van der Waals surface area (Å²) in [6, 6.07) is 0. The molecule has 26 heavy (non-hydrogen) atoms. The molecule has 0 aliphatic heterocycles. The first kappa shape index (κ1) is 22.0. The van der Waals surface area contributed by atoms with E-state index in [1.165, 1.54) is 0 Å². The molecule has 3 rings (SSSR count). The van der Waals surface area contributed by atoms with Gasteiger partial charge in [-0.1, -0.05) is 38.5 Å². The Bertz CT molecular complexity index is 547. The molecular formula is C16H28Br2O6P2. The molecule has 1 atom stereocenters. The Hall–Kier alpha value is 1.26. The van der Waals surface area contributed by atoms with Gasteiger partial charge >= 0.3 is 15.2 Å². The molecule has 3 aliphatic rings. The quantitative estimate of drug-likeness (QED) is 0.276. The zero-order valence-corrected chi connectivity index (χ0v) is 19.8. The number of hydrogen-bond acceptors (Lipinski definition) is 5. The van der Waals surface area contributed by atoms with Gasteiger partial charge in [-0.15, -0.1) is 0 Å². The number of hydrogen-bond donors (Lipinski definition) is 1. The van der Waals surface area contributed by atoms with Crippen LogP contribution in [-0.4, -0.2) is 25.9 Å². The van der Waals surface area contributed by atoms with Gasteiger partial charge < -0.3 is 18.5 Å². The Morgan fingerprint density at radius 2 is 1.00 bits per heavy atom. The summed E-state index contributed by atoms with van der Waals surface area (Å²) >= 11 is 6.43. The summed E-state index contributed by atoms with van der Waals surface area (Å²) in [6.45, 7) is 0. The lowest BCUT2D eigenvalue weighted by Gasteiger charge is -2.36. The largest absolute Gasteiger partial charge is 0.370 e.